The number of carbonyl (C=O) groups excluding carboxylic acids is 1. The number of hydrogen-bond donors (Lipinski definition) is 4. The van der Waals surface area contributed by atoms with Gasteiger partial charge in [0.15, 0.2) is 5.30 Å². The SMILES string of the molecule is CC1(C)CCC(CN2CCN(c3ccc(C(=O)NS(=O)(=O)c4ccc(NC[C@H]5COCCO5)c([N+](=O)[O-])c4)c([P+]4(O)CCOc5nc6[nH]ccc6cc54)c3)CC2)=C(c2ccc(Cl)cc2)C1. The lowest BCUT2D eigenvalue weighted by Gasteiger charge is -2.39. The number of nitro groups is 1. The molecular formula is C46H52ClN7O9PS+. The number of anilines is 2. The number of benzene rings is 3. The fourth-order valence-corrected chi connectivity index (χ4v) is 13.1. The predicted octanol–water partition coefficient (Wildman–Crippen LogP) is 6.12. The van der Waals surface area contributed by atoms with Gasteiger partial charge >= 0.3 is 0 Å². The predicted molar refractivity (Wildman–Crippen MR) is 253 cm³/mol. The number of nitrogens with one attached hydrogen (secondary N) is 3. The van der Waals surface area contributed by atoms with E-state index in [0.717, 1.165) is 61.1 Å². The number of nitrogens with zero attached hydrogens (tertiary/aromatic N) is 4. The van der Waals surface area contributed by atoms with Crippen LogP contribution in [0.5, 0.6) is 5.88 Å². The van der Waals surface area contributed by atoms with E-state index in [1.54, 1.807) is 24.4 Å². The maximum Gasteiger partial charge on any atom is 0.293 e. The summed E-state index contributed by atoms with van der Waals surface area (Å²) in [4.78, 5) is 50.7. The Bertz CT molecular complexity index is 2770. The number of piperazine rings is 1. The van der Waals surface area contributed by atoms with E-state index in [1.165, 1.54) is 28.8 Å². The Morgan fingerprint density at radius 1 is 1.03 bits per heavy atom. The Morgan fingerprint density at radius 2 is 1.83 bits per heavy atom. The lowest BCUT2D eigenvalue weighted by atomic mass is 9.72. The zero-order valence-electron chi connectivity index (χ0n) is 36.2. The van der Waals surface area contributed by atoms with E-state index < -0.39 is 38.9 Å². The summed E-state index contributed by atoms with van der Waals surface area (Å²) in [5, 5.41) is 17.3. The molecule has 2 atom stereocenters. The summed E-state index contributed by atoms with van der Waals surface area (Å²) < 4.78 is 46.9. The van der Waals surface area contributed by atoms with Crippen LogP contribution in [0.25, 0.3) is 16.6 Å². The fourth-order valence-electron chi connectivity index (χ4n) is 9.18. The van der Waals surface area contributed by atoms with Crippen molar-refractivity contribution in [3.05, 3.63) is 111 Å². The zero-order chi connectivity index (χ0) is 45.5. The number of fused-ring (bicyclic) bond motifs is 2. The molecule has 5 heterocycles. The molecular weight excluding hydrogens is 893 g/mol. The highest BCUT2D eigenvalue weighted by atomic mass is 35.5. The number of aromatic nitrogens is 2. The first-order chi connectivity index (χ1) is 31.2. The lowest BCUT2D eigenvalue weighted by molar-refractivity contribution is -0.384. The van der Waals surface area contributed by atoms with Crippen LogP contribution in [0.15, 0.2) is 89.5 Å². The molecule has 65 heavy (non-hydrogen) atoms. The molecule has 9 rings (SSSR count). The first kappa shape index (κ1) is 45.0. The Balaban J connectivity index is 0.993. The van der Waals surface area contributed by atoms with Crippen LogP contribution in [0.4, 0.5) is 17.1 Å². The molecule has 4 N–H and O–H groups in total. The number of nitro benzene ring substituents is 1. The number of amides is 1. The van der Waals surface area contributed by atoms with E-state index in [4.69, 9.17) is 25.8 Å². The maximum atomic E-state index is 14.4. The molecule has 16 nitrogen and oxygen atoms in total. The molecule has 5 aromatic rings. The van der Waals surface area contributed by atoms with Gasteiger partial charge < -0.3 is 29.4 Å². The zero-order valence-corrected chi connectivity index (χ0v) is 38.7. The molecule has 0 spiro atoms. The van der Waals surface area contributed by atoms with Gasteiger partial charge in [0, 0.05) is 79.8 Å². The molecule has 0 radical (unpaired) electrons. The van der Waals surface area contributed by atoms with Crippen LogP contribution in [0.2, 0.25) is 5.02 Å². The van der Waals surface area contributed by atoms with Gasteiger partial charge in [-0.1, -0.05) is 43.2 Å². The van der Waals surface area contributed by atoms with E-state index in [1.807, 2.05) is 24.3 Å². The van der Waals surface area contributed by atoms with Crippen LogP contribution in [-0.2, 0) is 19.5 Å². The van der Waals surface area contributed by atoms with Crippen LogP contribution in [-0.4, -0.2) is 117 Å². The first-order valence-electron chi connectivity index (χ1n) is 21.8. The van der Waals surface area contributed by atoms with Gasteiger partial charge in [-0.2, -0.15) is 4.98 Å². The Hall–Kier alpha value is -5.13. The Morgan fingerprint density at radius 3 is 2.58 bits per heavy atom. The first-order valence-corrected chi connectivity index (χ1v) is 25.5. The van der Waals surface area contributed by atoms with E-state index in [-0.39, 0.29) is 53.3 Å². The van der Waals surface area contributed by atoms with Gasteiger partial charge in [-0.25, -0.2) is 18.0 Å². The molecule has 1 amide bonds. The molecule has 4 aliphatic rings. The highest BCUT2D eigenvalue weighted by Crippen LogP contribution is 2.57. The van der Waals surface area contributed by atoms with Gasteiger partial charge in [0.2, 0.25) is 7.49 Å². The van der Waals surface area contributed by atoms with Crippen molar-refractivity contribution in [3.63, 3.8) is 0 Å². The molecule has 19 heteroatoms. The summed E-state index contributed by atoms with van der Waals surface area (Å²) in [7, 11) is -8.11. The molecule has 0 bridgehead atoms. The lowest BCUT2D eigenvalue weighted by Crippen LogP contribution is -2.47. The highest BCUT2D eigenvalue weighted by molar-refractivity contribution is 7.90. The number of H-pyrrole nitrogens is 1. The van der Waals surface area contributed by atoms with Crippen molar-refractivity contribution >= 4 is 79.3 Å². The molecule has 2 fully saturated rings. The van der Waals surface area contributed by atoms with E-state index in [0.29, 0.717) is 43.9 Å². The third kappa shape index (κ3) is 9.59. The molecule has 1 unspecified atom stereocenters. The van der Waals surface area contributed by atoms with Crippen molar-refractivity contribution < 1.29 is 37.2 Å². The minimum Gasteiger partial charge on any atom is -0.471 e. The topological polar surface area (TPSA) is 201 Å². The number of carbonyl (C=O) groups is 1. The summed E-state index contributed by atoms with van der Waals surface area (Å²) in [5.74, 6) is -0.754. The molecule has 3 aliphatic heterocycles. The number of sulfonamides is 1. The quantitative estimate of drug-likeness (QED) is 0.0634. The second-order valence-electron chi connectivity index (χ2n) is 17.8. The standard InChI is InChI=1S/C46H51ClN7O9PS/c1-46(2)13-11-32(38(26-46)30-3-5-33(47)6-4-30)28-52-15-17-53(18-16-52)34-7-9-37(41(24-34)64(58)22-21-63-45-42(64)23-31-12-14-48-43(31)50-45)44(55)51-65(59,60)36-8-10-39(40(25-36)54(56)57)49-27-35-29-61-19-20-62-35/h3-10,12,14,23-25,35,49,58H,11,13,15-22,26-29H2,1-2H3,(H-,48,50,51,55)/p+1/t35-,64?/m0/s1. The smallest absolute Gasteiger partial charge is 0.293 e. The minimum absolute atomic E-state index is 0.0433. The largest absolute Gasteiger partial charge is 0.471 e. The van der Waals surface area contributed by atoms with Crippen molar-refractivity contribution in [3.8, 4) is 5.88 Å². The average Bonchev–Trinajstić information content (AvgIpc) is 3.76. The third-order valence-corrected chi connectivity index (χ3v) is 17.5. The van der Waals surface area contributed by atoms with Crippen molar-refractivity contribution in [1.29, 1.82) is 0 Å². The monoisotopic (exact) mass is 944 g/mol. The van der Waals surface area contributed by atoms with Crippen LogP contribution >= 0.6 is 19.1 Å². The second kappa shape index (κ2) is 18.3. The summed E-state index contributed by atoms with van der Waals surface area (Å²) >= 11 is 6.26. The number of rotatable bonds is 12. The average molecular weight is 945 g/mol. The second-order valence-corrected chi connectivity index (χ2v) is 22.9. The fraction of sp³-hybridized carbons (Fsp3) is 0.391. The van der Waals surface area contributed by atoms with E-state index in [2.05, 4.69) is 55.8 Å². The van der Waals surface area contributed by atoms with Gasteiger partial charge in [0.05, 0.1) is 41.3 Å². The van der Waals surface area contributed by atoms with Gasteiger partial charge in [-0.05, 0) is 78.3 Å². The van der Waals surface area contributed by atoms with Crippen LogP contribution in [0.3, 0.4) is 0 Å². The van der Waals surface area contributed by atoms with Crippen LogP contribution in [0.1, 0.15) is 49.0 Å². The summed E-state index contributed by atoms with van der Waals surface area (Å²) in [6, 6.07) is 20.3. The van der Waals surface area contributed by atoms with Gasteiger partial charge in [0.1, 0.15) is 29.4 Å². The van der Waals surface area contributed by atoms with Gasteiger partial charge in [-0.3, -0.25) is 19.8 Å². The molecule has 2 saturated heterocycles. The number of allylic oxidation sites excluding steroid dienone is 1. The third-order valence-electron chi connectivity index (χ3n) is 12.8. The van der Waals surface area contributed by atoms with Crippen molar-refractivity contribution in [2.75, 3.05) is 82.1 Å². The molecule has 3 aromatic carbocycles. The number of ether oxygens (including phenoxy) is 3. The summed E-state index contributed by atoms with van der Waals surface area (Å²) in [5.41, 5.74) is 5.16. The number of pyridine rings is 1. The van der Waals surface area contributed by atoms with Gasteiger partial charge in [-0.15, -0.1) is 0 Å². The van der Waals surface area contributed by atoms with Crippen molar-refractivity contribution in [2.45, 2.75) is 44.1 Å². The molecule has 342 valence electrons. The van der Waals surface area contributed by atoms with Crippen molar-refractivity contribution in [2.24, 2.45) is 5.41 Å². The van der Waals surface area contributed by atoms with E-state index >= 15 is 0 Å². The Labute approximate surface area is 382 Å². The normalized spacial score (nSPS) is 21.4. The number of aromatic amines is 1. The molecule has 0 saturated carbocycles. The van der Waals surface area contributed by atoms with Crippen molar-refractivity contribution in [1.82, 2.24) is 19.6 Å². The summed E-state index contributed by atoms with van der Waals surface area (Å²) in [6.45, 7) is 9.92. The van der Waals surface area contributed by atoms with Crippen LogP contribution < -0.4 is 30.3 Å². The van der Waals surface area contributed by atoms with Crippen LogP contribution in [0, 0.1) is 15.5 Å². The maximum absolute atomic E-state index is 14.4. The van der Waals surface area contributed by atoms with E-state index in [9.17, 15) is 28.2 Å². The minimum atomic E-state index is -4.66. The number of halogens is 1. The number of hydrogen-bond acceptors (Lipinski definition) is 13. The summed E-state index contributed by atoms with van der Waals surface area (Å²) in [6.07, 6.45) is 4.69. The molecule has 2 aromatic heterocycles. The highest BCUT2D eigenvalue weighted by Gasteiger charge is 2.51. The molecule has 1 aliphatic carbocycles. The van der Waals surface area contributed by atoms with Gasteiger partial charge in [0.25, 0.3) is 27.5 Å². The Kier molecular flexibility index (Phi) is 12.7.